The molecular weight excluding hydrogens is 256 g/mol. The highest BCUT2D eigenvalue weighted by Gasteiger charge is 2.16. The standard InChI is InChI=1S/C15H22N2O3/c1-2-3-10-20-14-6-4-13(5-7-14)16-15(18)17-8-11-19-12-9-17/h4-7H,2-3,8-12H2,1H3,(H,16,18). The summed E-state index contributed by atoms with van der Waals surface area (Å²) < 4.78 is 10.8. The molecule has 0 unspecified atom stereocenters. The molecule has 0 radical (unpaired) electrons. The van der Waals surface area contributed by atoms with Crippen molar-refractivity contribution in [2.75, 3.05) is 38.2 Å². The van der Waals surface area contributed by atoms with Crippen molar-refractivity contribution in [3.8, 4) is 5.75 Å². The minimum atomic E-state index is -0.0760. The van der Waals surface area contributed by atoms with Crippen molar-refractivity contribution in [2.45, 2.75) is 19.8 Å². The topological polar surface area (TPSA) is 50.8 Å². The fraction of sp³-hybridized carbons (Fsp3) is 0.533. The zero-order valence-electron chi connectivity index (χ0n) is 11.9. The average Bonchev–Trinajstić information content (AvgIpc) is 2.50. The van der Waals surface area contributed by atoms with Gasteiger partial charge in [-0.05, 0) is 30.7 Å². The quantitative estimate of drug-likeness (QED) is 0.843. The third-order valence-corrected chi connectivity index (χ3v) is 3.17. The van der Waals surface area contributed by atoms with Gasteiger partial charge < -0.3 is 19.7 Å². The number of anilines is 1. The van der Waals surface area contributed by atoms with E-state index in [0.29, 0.717) is 26.3 Å². The van der Waals surface area contributed by atoms with E-state index >= 15 is 0 Å². The Balaban J connectivity index is 1.81. The SMILES string of the molecule is CCCCOc1ccc(NC(=O)N2CCOCC2)cc1. The van der Waals surface area contributed by atoms with Crippen LogP contribution in [0.15, 0.2) is 24.3 Å². The lowest BCUT2D eigenvalue weighted by Gasteiger charge is -2.26. The van der Waals surface area contributed by atoms with Gasteiger partial charge in [-0.1, -0.05) is 13.3 Å². The van der Waals surface area contributed by atoms with Crippen LogP contribution in [0.5, 0.6) is 5.75 Å². The average molecular weight is 278 g/mol. The Bertz CT molecular complexity index is 414. The van der Waals surface area contributed by atoms with E-state index in [1.54, 1.807) is 4.90 Å². The van der Waals surface area contributed by atoms with Gasteiger partial charge in [-0.15, -0.1) is 0 Å². The molecule has 20 heavy (non-hydrogen) atoms. The number of rotatable bonds is 5. The number of hydrogen-bond donors (Lipinski definition) is 1. The van der Waals surface area contributed by atoms with E-state index in [4.69, 9.17) is 9.47 Å². The van der Waals surface area contributed by atoms with Crippen molar-refractivity contribution in [3.05, 3.63) is 24.3 Å². The van der Waals surface area contributed by atoms with Crippen molar-refractivity contribution in [2.24, 2.45) is 0 Å². The van der Waals surface area contributed by atoms with Crippen LogP contribution in [0, 0.1) is 0 Å². The van der Waals surface area contributed by atoms with Gasteiger partial charge in [0.1, 0.15) is 5.75 Å². The molecule has 1 aliphatic rings. The molecule has 1 fully saturated rings. The highest BCUT2D eigenvalue weighted by atomic mass is 16.5. The van der Waals surface area contributed by atoms with Gasteiger partial charge in [-0.2, -0.15) is 0 Å². The predicted molar refractivity (Wildman–Crippen MR) is 78.3 cm³/mol. The molecule has 0 bridgehead atoms. The highest BCUT2D eigenvalue weighted by molar-refractivity contribution is 5.89. The Morgan fingerprint density at radius 1 is 1.30 bits per heavy atom. The molecule has 1 heterocycles. The fourth-order valence-electron chi connectivity index (χ4n) is 1.94. The third kappa shape index (κ3) is 4.42. The zero-order chi connectivity index (χ0) is 14.2. The first kappa shape index (κ1) is 14.7. The van der Waals surface area contributed by atoms with Gasteiger partial charge in [0.05, 0.1) is 19.8 Å². The van der Waals surface area contributed by atoms with E-state index in [1.165, 1.54) is 0 Å². The van der Waals surface area contributed by atoms with Crippen LogP contribution in [-0.2, 0) is 4.74 Å². The van der Waals surface area contributed by atoms with Crippen molar-refractivity contribution in [1.29, 1.82) is 0 Å². The minimum Gasteiger partial charge on any atom is -0.494 e. The van der Waals surface area contributed by atoms with Gasteiger partial charge >= 0.3 is 6.03 Å². The van der Waals surface area contributed by atoms with Crippen LogP contribution in [0.3, 0.4) is 0 Å². The maximum Gasteiger partial charge on any atom is 0.321 e. The smallest absolute Gasteiger partial charge is 0.321 e. The Labute approximate surface area is 119 Å². The first-order valence-corrected chi connectivity index (χ1v) is 7.16. The van der Waals surface area contributed by atoms with Crippen molar-refractivity contribution >= 4 is 11.7 Å². The molecule has 0 spiro atoms. The lowest BCUT2D eigenvalue weighted by atomic mass is 10.3. The highest BCUT2D eigenvalue weighted by Crippen LogP contribution is 2.16. The van der Waals surface area contributed by atoms with E-state index in [9.17, 15) is 4.79 Å². The number of ether oxygens (including phenoxy) is 2. The number of nitrogens with zero attached hydrogens (tertiary/aromatic N) is 1. The molecule has 2 rings (SSSR count). The van der Waals surface area contributed by atoms with Crippen molar-refractivity contribution in [3.63, 3.8) is 0 Å². The molecule has 5 nitrogen and oxygen atoms in total. The lowest BCUT2D eigenvalue weighted by Crippen LogP contribution is -2.43. The molecule has 2 amide bonds. The molecule has 5 heteroatoms. The maximum absolute atomic E-state index is 12.0. The molecular formula is C15H22N2O3. The Hall–Kier alpha value is -1.75. The predicted octanol–water partition coefficient (Wildman–Crippen LogP) is 2.73. The van der Waals surface area contributed by atoms with Gasteiger partial charge in [-0.3, -0.25) is 0 Å². The molecule has 0 atom stereocenters. The second-order valence-electron chi connectivity index (χ2n) is 4.76. The number of unbranched alkanes of at least 4 members (excludes halogenated alkanes) is 1. The monoisotopic (exact) mass is 278 g/mol. The van der Waals surface area contributed by atoms with Crippen LogP contribution < -0.4 is 10.1 Å². The summed E-state index contributed by atoms with van der Waals surface area (Å²) in [6.45, 7) is 5.37. The molecule has 0 aromatic heterocycles. The zero-order valence-corrected chi connectivity index (χ0v) is 11.9. The summed E-state index contributed by atoms with van der Waals surface area (Å²) in [5.41, 5.74) is 0.782. The van der Waals surface area contributed by atoms with Gasteiger partial charge in [0.25, 0.3) is 0 Å². The molecule has 0 aliphatic carbocycles. The van der Waals surface area contributed by atoms with Gasteiger partial charge in [0, 0.05) is 18.8 Å². The van der Waals surface area contributed by atoms with Crippen LogP contribution >= 0.6 is 0 Å². The van der Waals surface area contributed by atoms with Crippen LogP contribution in [0.1, 0.15) is 19.8 Å². The van der Waals surface area contributed by atoms with Crippen LogP contribution in [0.25, 0.3) is 0 Å². The third-order valence-electron chi connectivity index (χ3n) is 3.17. The number of carbonyl (C=O) groups excluding carboxylic acids is 1. The van der Waals surface area contributed by atoms with E-state index < -0.39 is 0 Å². The Morgan fingerprint density at radius 2 is 2.00 bits per heavy atom. The second-order valence-corrected chi connectivity index (χ2v) is 4.76. The van der Waals surface area contributed by atoms with E-state index in [0.717, 1.165) is 30.9 Å². The minimum absolute atomic E-state index is 0.0760. The number of hydrogen-bond acceptors (Lipinski definition) is 3. The number of carbonyl (C=O) groups is 1. The van der Waals surface area contributed by atoms with E-state index in [2.05, 4.69) is 12.2 Å². The van der Waals surface area contributed by atoms with Gasteiger partial charge in [-0.25, -0.2) is 4.79 Å². The largest absolute Gasteiger partial charge is 0.494 e. The first-order chi connectivity index (χ1) is 9.79. The molecule has 0 saturated carbocycles. The number of urea groups is 1. The summed E-state index contributed by atoms with van der Waals surface area (Å²) in [5, 5.41) is 2.88. The molecule has 1 N–H and O–H groups in total. The summed E-state index contributed by atoms with van der Waals surface area (Å²) in [4.78, 5) is 13.8. The lowest BCUT2D eigenvalue weighted by molar-refractivity contribution is 0.0564. The number of benzene rings is 1. The van der Waals surface area contributed by atoms with Crippen LogP contribution in [0.2, 0.25) is 0 Å². The van der Waals surface area contributed by atoms with Crippen LogP contribution in [0.4, 0.5) is 10.5 Å². The fourth-order valence-corrected chi connectivity index (χ4v) is 1.94. The molecule has 1 aliphatic heterocycles. The molecule has 1 saturated heterocycles. The molecule has 110 valence electrons. The van der Waals surface area contributed by atoms with Crippen molar-refractivity contribution in [1.82, 2.24) is 4.90 Å². The van der Waals surface area contributed by atoms with Crippen molar-refractivity contribution < 1.29 is 14.3 Å². The first-order valence-electron chi connectivity index (χ1n) is 7.16. The summed E-state index contributed by atoms with van der Waals surface area (Å²) in [6, 6.07) is 7.40. The summed E-state index contributed by atoms with van der Waals surface area (Å²) in [5.74, 6) is 0.836. The van der Waals surface area contributed by atoms with Crippen LogP contribution in [-0.4, -0.2) is 43.8 Å². The Morgan fingerprint density at radius 3 is 2.65 bits per heavy atom. The molecule has 1 aromatic rings. The normalized spacial score (nSPS) is 14.9. The van der Waals surface area contributed by atoms with E-state index in [1.807, 2.05) is 24.3 Å². The second kappa shape index (κ2) is 7.75. The number of morpholine rings is 1. The number of amides is 2. The summed E-state index contributed by atoms with van der Waals surface area (Å²) >= 11 is 0. The maximum atomic E-state index is 12.0. The van der Waals surface area contributed by atoms with E-state index in [-0.39, 0.29) is 6.03 Å². The van der Waals surface area contributed by atoms with Gasteiger partial charge in [0.15, 0.2) is 0 Å². The van der Waals surface area contributed by atoms with Gasteiger partial charge in [0.2, 0.25) is 0 Å². The molecule has 1 aromatic carbocycles. The Kier molecular flexibility index (Phi) is 5.68. The summed E-state index contributed by atoms with van der Waals surface area (Å²) in [7, 11) is 0. The summed E-state index contributed by atoms with van der Waals surface area (Å²) in [6.07, 6.45) is 2.17. The number of nitrogens with one attached hydrogen (secondary N) is 1.